The van der Waals surface area contributed by atoms with Crippen LogP contribution < -0.4 is 0 Å². The van der Waals surface area contributed by atoms with Crippen molar-refractivity contribution in [2.45, 2.75) is 37.0 Å². The Balaban J connectivity index is 1.75. The van der Waals surface area contributed by atoms with Gasteiger partial charge in [-0.05, 0) is 18.9 Å². The zero-order valence-electron chi connectivity index (χ0n) is 11.0. The van der Waals surface area contributed by atoms with Gasteiger partial charge in [-0.3, -0.25) is 4.98 Å². The summed E-state index contributed by atoms with van der Waals surface area (Å²) in [5.41, 5.74) is 1.90. The normalized spacial score (nSPS) is 17.9. The van der Waals surface area contributed by atoms with Crippen molar-refractivity contribution < 1.29 is 5.11 Å². The molecule has 1 saturated carbocycles. The highest BCUT2D eigenvalue weighted by atomic mass is 32.2. The smallest absolute Gasteiger partial charge is 0.0901 e. The van der Waals surface area contributed by atoms with Gasteiger partial charge in [0.25, 0.3) is 0 Å². The number of aromatic nitrogens is 1. The number of hydrogen-bond acceptors (Lipinski definition) is 3. The third-order valence-electron chi connectivity index (χ3n) is 3.81. The van der Waals surface area contributed by atoms with Crippen LogP contribution in [-0.2, 0) is 0 Å². The molecule has 1 aromatic carbocycles. The van der Waals surface area contributed by atoms with Crippen LogP contribution in [0.2, 0.25) is 0 Å². The average Bonchev–Trinajstić information content (AvgIpc) is 2.97. The number of benzene rings is 1. The summed E-state index contributed by atoms with van der Waals surface area (Å²) in [5, 5.41) is 12.3. The van der Waals surface area contributed by atoms with Crippen molar-refractivity contribution in [3.8, 4) is 0 Å². The number of pyridine rings is 1. The zero-order valence-corrected chi connectivity index (χ0v) is 11.8. The Hall–Kier alpha value is -1.06. The Morgan fingerprint density at radius 2 is 2.00 bits per heavy atom. The molecule has 0 aliphatic heterocycles. The molecule has 1 N–H and O–H groups in total. The van der Waals surface area contributed by atoms with Crippen LogP contribution in [0.25, 0.3) is 10.9 Å². The molecule has 3 rings (SSSR count). The first-order valence-electron chi connectivity index (χ1n) is 6.98. The number of thioether (sulfide) groups is 1. The van der Waals surface area contributed by atoms with Crippen molar-refractivity contribution >= 4 is 22.7 Å². The summed E-state index contributed by atoms with van der Waals surface area (Å²) in [6, 6.07) is 10.0. The summed E-state index contributed by atoms with van der Waals surface area (Å²) in [6.07, 6.45) is 6.70. The number of para-hydroxylation sites is 1. The van der Waals surface area contributed by atoms with Gasteiger partial charge in [-0.1, -0.05) is 37.1 Å². The van der Waals surface area contributed by atoms with Gasteiger partial charge in [0.1, 0.15) is 0 Å². The standard InChI is InChI=1S/C16H19NOS/c18-15(11-19-13-7-1-2-8-13)14-9-3-5-12-6-4-10-17-16(12)14/h3-6,9-10,13,15,18H,1-2,7-8,11H2. The lowest BCUT2D eigenvalue weighted by molar-refractivity contribution is 0.205. The van der Waals surface area contributed by atoms with Crippen molar-refractivity contribution in [2.75, 3.05) is 5.75 Å². The first-order valence-corrected chi connectivity index (χ1v) is 8.03. The lowest BCUT2D eigenvalue weighted by Crippen LogP contribution is -2.06. The minimum absolute atomic E-state index is 0.413. The van der Waals surface area contributed by atoms with E-state index in [1.807, 2.05) is 42.1 Å². The molecule has 1 aliphatic carbocycles. The highest BCUT2D eigenvalue weighted by Crippen LogP contribution is 2.33. The van der Waals surface area contributed by atoms with Crippen molar-refractivity contribution in [3.63, 3.8) is 0 Å². The Morgan fingerprint density at radius 3 is 2.84 bits per heavy atom. The second-order valence-corrected chi connectivity index (χ2v) is 6.51. The molecule has 0 bridgehead atoms. The number of nitrogens with zero attached hydrogens (tertiary/aromatic N) is 1. The predicted octanol–water partition coefficient (Wildman–Crippen LogP) is 3.94. The van der Waals surface area contributed by atoms with Crippen molar-refractivity contribution in [1.82, 2.24) is 4.98 Å². The van der Waals surface area contributed by atoms with Crippen LogP contribution in [0.1, 0.15) is 37.4 Å². The molecule has 1 aliphatic rings. The van der Waals surface area contributed by atoms with E-state index in [-0.39, 0.29) is 0 Å². The fourth-order valence-electron chi connectivity index (χ4n) is 2.77. The molecule has 0 saturated heterocycles. The molecule has 100 valence electrons. The highest BCUT2D eigenvalue weighted by molar-refractivity contribution is 7.99. The van der Waals surface area contributed by atoms with Crippen LogP contribution in [0.15, 0.2) is 36.5 Å². The first kappa shape index (κ1) is 12.9. The molecule has 1 unspecified atom stereocenters. The summed E-state index contributed by atoms with van der Waals surface area (Å²) in [4.78, 5) is 4.41. The van der Waals surface area contributed by atoms with E-state index in [0.29, 0.717) is 0 Å². The molecular weight excluding hydrogens is 254 g/mol. The molecule has 1 fully saturated rings. The Morgan fingerprint density at radius 1 is 1.21 bits per heavy atom. The van der Waals surface area contributed by atoms with Gasteiger partial charge in [-0.25, -0.2) is 0 Å². The Labute approximate surface area is 118 Å². The number of rotatable bonds is 4. The molecule has 1 atom stereocenters. The molecule has 1 aromatic heterocycles. The SMILES string of the molecule is OC(CSC1CCCC1)c1cccc2cccnc12. The maximum atomic E-state index is 10.4. The average molecular weight is 273 g/mol. The predicted molar refractivity (Wildman–Crippen MR) is 81.4 cm³/mol. The fraction of sp³-hybridized carbons (Fsp3) is 0.438. The maximum absolute atomic E-state index is 10.4. The molecule has 0 radical (unpaired) electrons. The van der Waals surface area contributed by atoms with Gasteiger partial charge in [-0.15, -0.1) is 0 Å². The molecule has 1 heterocycles. The molecule has 2 aromatic rings. The van der Waals surface area contributed by atoms with Gasteiger partial charge in [0.2, 0.25) is 0 Å². The number of hydrogen-bond donors (Lipinski definition) is 1. The highest BCUT2D eigenvalue weighted by Gasteiger charge is 2.18. The monoisotopic (exact) mass is 273 g/mol. The molecule has 0 spiro atoms. The first-order chi connectivity index (χ1) is 9.34. The van der Waals surface area contributed by atoms with Gasteiger partial charge >= 0.3 is 0 Å². The van der Waals surface area contributed by atoms with Crippen molar-refractivity contribution in [1.29, 1.82) is 0 Å². The van der Waals surface area contributed by atoms with Crippen molar-refractivity contribution in [2.24, 2.45) is 0 Å². The van der Waals surface area contributed by atoms with Crippen LogP contribution in [0.3, 0.4) is 0 Å². The Kier molecular flexibility index (Phi) is 4.04. The van der Waals surface area contributed by atoms with Crippen molar-refractivity contribution in [3.05, 3.63) is 42.1 Å². The topological polar surface area (TPSA) is 33.1 Å². The van der Waals surface area contributed by atoms with E-state index < -0.39 is 6.10 Å². The van der Waals surface area contributed by atoms with Gasteiger partial charge in [0.15, 0.2) is 0 Å². The van der Waals surface area contributed by atoms with Gasteiger partial charge in [0.05, 0.1) is 11.6 Å². The molecule has 3 heteroatoms. The summed E-state index contributed by atoms with van der Waals surface area (Å²) >= 11 is 1.92. The van der Waals surface area contributed by atoms with Crippen LogP contribution in [0.5, 0.6) is 0 Å². The van der Waals surface area contributed by atoms with E-state index in [9.17, 15) is 5.11 Å². The number of aliphatic hydroxyl groups excluding tert-OH is 1. The van der Waals surface area contributed by atoms with Crippen LogP contribution in [-0.4, -0.2) is 21.1 Å². The van der Waals surface area contributed by atoms with Crippen LogP contribution in [0.4, 0.5) is 0 Å². The summed E-state index contributed by atoms with van der Waals surface area (Å²) in [5.74, 6) is 0.778. The minimum Gasteiger partial charge on any atom is -0.387 e. The molecule has 2 nitrogen and oxygen atoms in total. The minimum atomic E-state index is -0.413. The third-order valence-corrected chi connectivity index (χ3v) is 5.27. The zero-order chi connectivity index (χ0) is 13.1. The summed E-state index contributed by atoms with van der Waals surface area (Å²) < 4.78 is 0. The lowest BCUT2D eigenvalue weighted by atomic mass is 10.1. The summed E-state index contributed by atoms with van der Waals surface area (Å²) in [6.45, 7) is 0. The second-order valence-electron chi connectivity index (χ2n) is 5.18. The second kappa shape index (κ2) is 5.93. The van der Waals surface area contributed by atoms with E-state index in [1.165, 1.54) is 25.7 Å². The quantitative estimate of drug-likeness (QED) is 0.916. The van der Waals surface area contributed by atoms with E-state index in [1.54, 1.807) is 6.20 Å². The molecule has 0 amide bonds. The fourth-order valence-corrected chi connectivity index (χ4v) is 4.07. The van der Waals surface area contributed by atoms with E-state index >= 15 is 0 Å². The third kappa shape index (κ3) is 2.93. The maximum Gasteiger partial charge on any atom is 0.0901 e. The lowest BCUT2D eigenvalue weighted by Gasteiger charge is -2.15. The van der Waals surface area contributed by atoms with Gasteiger partial charge in [-0.2, -0.15) is 11.8 Å². The van der Waals surface area contributed by atoms with E-state index in [2.05, 4.69) is 4.98 Å². The van der Waals surface area contributed by atoms with E-state index in [0.717, 1.165) is 27.5 Å². The van der Waals surface area contributed by atoms with Crippen LogP contribution in [0, 0.1) is 0 Å². The van der Waals surface area contributed by atoms with E-state index in [4.69, 9.17) is 0 Å². The Bertz CT molecular complexity index is 546. The van der Waals surface area contributed by atoms with Gasteiger partial charge in [0, 0.05) is 28.1 Å². The van der Waals surface area contributed by atoms with Gasteiger partial charge < -0.3 is 5.11 Å². The number of fused-ring (bicyclic) bond motifs is 1. The van der Waals surface area contributed by atoms with Crippen LogP contribution >= 0.6 is 11.8 Å². The molecule has 19 heavy (non-hydrogen) atoms. The number of aliphatic hydroxyl groups is 1. The summed E-state index contributed by atoms with van der Waals surface area (Å²) in [7, 11) is 0. The largest absolute Gasteiger partial charge is 0.387 e. The molecular formula is C16H19NOS.